The van der Waals surface area contributed by atoms with Crippen molar-refractivity contribution in [1.29, 1.82) is 0 Å². The summed E-state index contributed by atoms with van der Waals surface area (Å²) in [4.78, 5) is 12.2. The van der Waals surface area contributed by atoms with Crippen molar-refractivity contribution in [2.75, 3.05) is 11.9 Å². The standard InChI is InChI=1S/C17H26N2O/c1-2-3-13-6-10-16(11-7-13)19-17(20)15-8-4-14(12-18)5-9-15/h6-7,10-11,14-15H,2-5,8-9,12,18H2,1H3,(H,19,20). The third-order valence-corrected chi connectivity index (χ3v) is 4.31. The highest BCUT2D eigenvalue weighted by Gasteiger charge is 2.25. The number of anilines is 1. The SMILES string of the molecule is CCCc1ccc(NC(=O)C2CCC(CN)CC2)cc1. The van der Waals surface area contributed by atoms with E-state index in [0.717, 1.165) is 50.8 Å². The van der Waals surface area contributed by atoms with Crippen molar-refractivity contribution in [3.8, 4) is 0 Å². The average molecular weight is 274 g/mol. The van der Waals surface area contributed by atoms with Crippen molar-refractivity contribution in [2.45, 2.75) is 45.4 Å². The van der Waals surface area contributed by atoms with Gasteiger partial charge in [0.25, 0.3) is 0 Å². The average Bonchev–Trinajstić information content (AvgIpc) is 2.49. The first kappa shape index (κ1) is 15.0. The van der Waals surface area contributed by atoms with Gasteiger partial charge < -0.3 is 11.1 Å². The minimum Gasteiger partial charge on any atom is -0.330 e. The van der Waals surface area contributed by atoms with Gasteiger partial charge in [-0.1, -0.05) is 25.5 Å². The molecule has 1 amide bonds. The topological polar surface area (TPSA) is 55.1 Å². The molecule has 1 aromatic carbocycles. The second-order valence-corrected chi connectivity index (χ2v) is 5.89. The molecule has 20 heavy (non-hydrogen) atoms. The number of amides is 1. The van der Waals surface area contributed by atoms with Crippen molar-refractivity contribution >= 4 is 11.6 Å². The lowest BCUT2D eigenvalue weighted by Crippen LogP contribution is -2.29. The van der Waals surface area contributed by atoms with Crippen LogP contribution in [-0.2, 0) is 11.2 Å². The van der Waals surface area contributed by atoms with Gasteiger partial charge in [0.2, 0.25) is 5.91 Å². The first-order valence-corrected chi connectivity index (χ1v) is 7.82. The molecule has 0 radical (unpaired) electrons. The molecule has 0 saturated heterocycles. The van der Waals surface area contributed by atoms with E-state index >= 15 is 0 Å². The summed E-state index contributed by atoms with van der Waals surface area (Å²) in [5, 5.41) is 3.04. The Labute approximate surface area is 121 Å². The van der Waals surface area contributed by atoms with Crippen LogP contribution in [0.15, 0.2) is 24.3 Å². The minimum atomic E-state index is 0.160. The smallest absolute Gasteiger partial charge is 0.227 e. The molecule has 0 atom stereocenters. The van der Waals surface area contributed by atoms with E-state index in [1.807, 2.05) is 12.1 Å². The summed E-state index contributed by atoms with van der Waals surface area (Å²) in [5.74, 6) is 0.948. The number of carbonyl (C=O) groups is 1. The van der Waals surface area contributed by atoms with Crippen LogP contribution < -0.4 is 11.1 Å². The molecule has 0 spiro atoms. The highest BCUT2D eigenvalue weighted by molar-refractivity contribution is 5.92. The molecule has 110 valence electrons. The Morgan fingerprint density at radius 3 is 2.40 bits per heavy atom. The number of hydrogen-bond acceptors (Lipinski definition) is 2. The van der Waals surface area contributed by atoms with E-state index in [0.29, 0.717) is 5.92 Å². The molecule has 0 heterocycles. The molecule has 1 aliphatic carbocycles. The molecule has 3 heteroatoms. The first-order chi connectivity index (χ1) is 9.72. The van der Waals surface area contributed by atoms with Crippen LogP contribution >= 0.6 is 0 Å². The molecule has 0 aliphatic heterocycles. The monoisotopic (exact) mass is 274 g/mol. The fourth-order valence-electron chi connectivity index (χ4n) is 2.95. The van der Waals surface area contributed by atoms with E-state index in [4.69, 9.17) is 5.73 Å². The van der Waals surface area contributed by atoms with Gasteiger partial charge in [-0.2, -0.15) is 0 Å². The fraction of sp³-hybridized carbons (Fsp3) is 0.588. The summed E-state index contributed by atoms with van der Waals surface area (Å²) < 4.78 is 0. The third-order valence-electron chi connectivity index (χ3n) is 4.31. The Bertz CT molecular complexity index is 419. The largest absolute Gasteiger partial charge is 0.330 e. The third kappa shape index (κ3) is 4.07. The summed E-state index contributed by atoms with van der Waals surface area (Å²) in [6.07, 6.45) is 6.37. The molecule has 1 aromatic rings. The Morgan fingerprint density at radius 2 is 1.85 bits per heavy atom. The predicted molar refractivity (Wildman–Crippen MR) is 83.6 cm³/mol. The Balaban J connectivity index is 1.85. The highest BCUT2D eigenvalue weighted by Crippen LogP contribution is 2.29. The van der Waals surface area contributed by atoms with E-state index in [9.17, 15) is 4.79 Å². The molecule has 0 bridgehead atoms. The number of nitrogens with one attached hydrogen (secondary N) is 1. The number of benzene rings is 1. The second kappa shape index (κ2) is 7.44. The zero-order chi connectivity index (χ0) is 14.4. The summed E-state index contributed by atoms with van der Waals surface area (Å²) in [5.41, 5.74) is 7.93. The summed E-state index contributed by atoms with van der Waals surface area (Å²) in [6.45, 7) is 2.93. The van der Waals surface area contributed by atoms with Crippen LogP contribution in [0.5, 0.6) is 0 Å². The van der Waals surface area contributed by atoms with Gasteiger partial charge in [-0.25, -0.2) is 0 Å². The zero-order valence-corrected chi connectivity index (χ0v) is 12.4. The highest BCUT2D eigenvalue weighted by atomic mass is 16.1. The minimum absolute atomic E-state index is 0.160. The van der Waals surface area contributed by atoms with Crippen LogP contribution in [-0.4, -0.2) is 12.5 Å². The Morgan fingerprint density at radius 1 is 1.20 bits per heavy atom. The van der Waals surface area contributed by atoms with Crippen molar-refractivity contribution in [1.82, 2.24) is 0 Å². The zero-order valence-electron chi connectivity index (χ0n) is 12.4. The normalized spacial score (nSPS) is 22.5. The number of hydrogen-bond donors (Lipinski definition) is 2. The van der Waals surface area contributed by atoms with E-state index in [-0.39, 0.29) is 11.8 Å². The molecule has 1 aliphatic rings. The van der Waals surface area contributed by atoms with Gasteiger partial charge in [-0.05, 0) is 62.3 Å². The van der Waals surface area contributed by atoms with Crippen LogP contribution in [0.4, 0.5) is 5.69 Å². The molecule has 1 fully saturated rings. The van der Waals surface area contributed by atoms with Crippen molar-refractivity contribution in [3.05, 3.63) is 29.8 Å². The summed E-state index contributed by atoms with van der Waals surface area (Å²) in [6, 6.07) is 8.22. The van der Waals surface area contributed by atoms with Gasteiger partial charge in [0.1, 0.15) is 0 Å². The summed E-state index contributed by atoms with van der Waals surface area (Å²) >= 11 is 0. The van der Waals surface area contributed by atoms with Crippen molar-refractivity contribution < 1.29 is 4.79 Å². The van der Waals surface area contributed by atoms with E-state index in [1.54, 1.807) is 0 Å². The van der Waals surface area contributed by atoms with Gasteiger partial charge in [-0.3, -0.25) is 4.79 Å². The molecule has 0 unspecified atom stereocenters. The van der Waals surface area contributed by atoms with E-state index < -0.39 is 0 Å². The maximum absolute atomic E-state index is 12.2. The summed E-state index contributed by atoms with van der Waals surface area (Å²) in [7, 11) is 0. The lowest BCUT2D eigenvalue weighted by atomic mass is 9.81. The van der Waals surface area contributed by atoms with Gasteiger partial charge in [0, 0.05) is 11.6 Å². The number of carbonyl (C=O) groups excluding carboxylic acids is 1. The predicted octanol–water partition coefficient (Wildman–Crippen LogP) is 3.34. The van der Waals surface area contributed by atoms with Crippen molar-refractivity contribution in [2.24, 2.45) is 17.6 Å². The maximum atomic E-state index is 12.2. The Hall–Kier alpha value is -1.35. The van der Waals surface area contributed by atoms with E-state index in [2.05, 4.69) is 24.4 Å². The first-order valence-electron chi connectivity index (χ1n) is 7.82. The second-order valence-electron chi connectivity index (χ2n) is 5.89. The molecule has 1 saturated carbocycles. The molecule has 3 N–H and O–H groups in total. The lowest BCUT2D eigenvalue weighted by Gasteiger charge is -2.26. The quantitative estimate of drug-likeness (QED) is 0.865. The molecular weight excluding hydrogens is 248 g/mol. The molecule has 0 aromatic heterocycles. The van der Waals surface area contributed by atoms with Gasteiger partial charge >= 0.3 is 0 Å². The number of aryl methyl sites for hydroxylation is 1. The number of nitrogens with two attached hydrogens (primary N) is 1. The van der Waals surface area contributed by atoms with Crippen LogP contribution in [0.2, 0.25) is 0 Å². The van der Waals surface area contributed by atoms with Gasteiger partial charge in [0.15, 0.2) is 0 Å². The van der Waals surface area contributed by atoms with Crippen LogP contribution in [0, 0.1) is 11.8 Å². The van der Waals surface area contributed by atoms with Crippen LogP contribution in [0.25, 0.3) is 0 Å². The molecular formula is C17H26N2O. The fourth-order valence-corrected chi connectivity index (χ4v) is 2.95. The van der Waals surface area contributed by atoms with Crippen molar-refractivity contribution in [3.63, 3.8) is 0 Å². The van der Waals surface area contributed by atoms with Crippen LogP contribution in [0.3, 0.4) is 0 Å². The molecule has 2 rings (SSSR count). The maximum Gasteiger partial charge on any atom is 0.227 e. The Kier molecular flexibility index (Phi) is 5.60. The van der Waals surface area contributed by atoms with E-state index in [1.165, 1.54) is 5.56 Å². The van der Waals surface area contributed by atoms with Gasteiger partial charge in [-0.15, -0.1) is 0 Å². The lowest BCUT2D eigenvalue weighted by molar-refractivity contribution is -0.121. The van der Waals surface area contributed by atoms with Gasteiger partial charge in [0.05, 0.1) is 0 Å². The van der Waals surface area contributed by atoms with Crippen LogP contribution in [0.1, 0.15) is 44.6 Å². The number of rotatable bonds is 5. The molecule has 3 nitrogen and oxygen atoms in total.